The number of fused-ring (bicyclic) bond motifs is 1. The molecule has 2 aromatic carbocycles. The van der Waals surface area contributed by atoms with Gasteiger partial charge in [-0.1, -0.05) is 72.8 Å². The summed E-state index contributed by atoms with van der Waals surface area (Å²) in [6, 6.07) is 37.0. The van der Waals surface area contributed by atoms with Crippen LogP contribution in [0.1, 0.15) is 37.7 Å². The molecule has 0 radical (unpaired) electrons. The molecular formula is C39H34N8O4. The van der Waals surface area contributed by atoms with Crippen LogP contribution in [0.4, 0.5) is 0 Å². The Hall–Kier alpha value is -6.76. The van der Waals surface area contributed by atoms with Crippen molar-refractivity contribution in [3.63, 3.8) is 0 Å². The van der Waals surface area contributed by atoms with E-state index in [0.717, 1.165) is 12.1 Å². The maximum atomic E-state index is 12.8. The number of carbonyl (C=O) groups excluding carboxylic acids is 2. The maximum absolute atomic E-state index is 12.8. The second-order valence-electron chi connectivity index (χ2n) is 10.7. The van der Waals surface area contributed by atoms with Gasteiger partial charge in [-0.15, -0.1) is 0 Å². The minimum atomic E-state index is -0.595. The van der Waals surface area contributed by atoms with Crippen molar-refractivity contribution in [2.75, 3.05) is 7.11 Å². The van der Waals surface area contributed by atoms with E-state index < -0.39 is 11.8 Å². The van der Waals surface area contributed by atoms with Crippen LogP contribution >= 0.6 is 0 Å². The minimum Gasteiger partial charge on any atom is -0.465 e. The smallest absolute Gasteiger partial charge is 0.340 e. The molecule has 7 aromatic rings. The van der Waals surface area contributed by atoms with Gasteiger partial charge in [-0.2, -0.15) is 5.10 Å². The molecule has 7 rings (SSSR count). The first-order valence-electron chi connectivity index (χ1n) is 15.8. The molecule has 0 aliphatic rings. The molecule has 0 fully saturated rings. The van der Waals surface area contributed by atoms with Crippen LogP contribution in [0.3, 0.4) is 0 Å². The molecule has 0 unspecified atom stereocenters. The summed E-state index contributed by atoms with van der Waals surface area (Å²) in [6.45, 7) is 1.14. The molecule has 0 saturated heterocycles. The summed E-state index contributed by atoms with van der Waals surface area (Å²) in [6.07, 6.45) is 6.33. The highest BCUT2D eigenvalue weighted by atomic mass is 16.5. The highest BCUT2D eigenvalue weighted by Crippen LogP contribution is 2.21. The maximum Gasteiger partial charge on any atom is 0.340 e. The lowest BCUT2D eigenvalue weighted by Gasteiger charge is -2.10. The van der Waals surface area contributed by atoms with Crippen molar-refractivity contribution in [1.82, 2.24) is 35.1 Å². The predicted molar refractivity (Wildman–Crippen MR) is 193 cm³/mol. The molecule has 254 valence electrons. The number of pyridine rings is 4. The fourth-order valence-electron chi connectivity index (χ4n) is 4.85. The topological polar surface area (TPSA) is 168 Å². The monoisotopic (exact) mass is 678 g/mol. The van der Waals surface area contributed by atoms with Gasteiger partial charge in [-0.05, 0) is 59.7 Å². The lowest BCUT2D eigenvalue weighted by Crippen LogP contribution is -2.24. The second kappa shape index (κ2) is 18.1. The molecule has 0 bridgehead atoms. The number of aromatic nitrogens is 6. The first-order chi connectivity index (χ1) is 25.0. The summed E-state index contributed by atoms with van der Waals surface area (Å²) in [7, 11) is 1.25. The zero-order chi connectivity index (χ0) is 35.8. The number of nitrogens with two attached hydrogens (primary N) is 1. The number of nitrogens with zero attached hydrogens (tertiary/aromatic N) is 6. The zero-order valence-corrected chi connectivity index (χ0v) is 27.7. The lowest BCUT2D eigenvalue weighted by atomic mass is 10.1. The standard InChI is InChI=1S/C19H14N4O.C13H10N2O3.C7H10N2/c24-19-15-9-6-12-21-17(15)18(16-10-4-5-11-20-16)22-23(19)13-14-7-2-1-3-8-14;1-18-13(17)9-5-4-8-15-11(9)12(16)10-6-2-3-7-14-10;8-9-6-7-4-2-1-3-5-7/h1-12H,13H2;2-8H,1H3;1-5,9H,6,8H2. The fourth-order valence-corrected chi connectivity index (χ4v) is 4.85. The Morgan fingerprint density at radius 1 is 0.706 bits per heavy atom. The van der Waals surface area contributed by atoms with E-state index in [0.29, 0.717) is 28.8 Å². The number of hydrazine groups is 1. The molecule has 0 aliphatic carbocycles. The number of esters is 1. The molecule has 0 atom stereocenters. The van der Waals surface area contributed by atoms with E-state index in [1.54, 1.807) is 48.8 Å². The van der Waals surface area contributed by atoms with Gasteiger partial charge in [0.05, 0.1) is 30.3 Å². The molecule has 0 aliphatic heterocycles. The van der Waals surface area contributed by atoms with Crippen LogP contribution in [0.15, 0.2) is 151 Å². The third kappa shape index (κ3) is 9.44. The largest absolute Gasteiger partial charge is 0.465 e. The van der Waals surface area contributed by atoms with Gasteiger partial charge in [0.2, 0.25) is 5.78 Å². The SMILES string of the molecule is COC(=O)c1cccnc1C(=O)c1ccccn1.NNCc1ccccc1.O=c1c2cccnc2c(-c2ccccn2)nn1Cc1ccccc1. The van der Waals surface area contributed by atoms with Gasteiger partial charge in [0.1, 0.15) is 22.6 Å². The van der Waals surface area contributed by atoms with E-state index in [9.17, 15) is 14.4 Å². The summed E-state index contributed by atoms with van der Waals surface area (Å²) in [5.41, 5.74) is 6.96. The highest BCUT2D eigenvalue weighted by molar-refractivity contribution is 6.12. The van der Waals surface area contributed by atoms with Gasteiger partial charge in [-0.25, -0.2) is 9.48 Å². The lowest BCUT2D eigenvalue weighted by molar-refractivity contribution is 0.0596. The van der Waals surface area contributed by atoms with E-state index in [1.807, 2.05) is 78.9 Å². The average Bonchev–Trinajstić information content (AvgIpc) is 3.20. The Morgan fingerprint density at radius 3 is 1.98 bits per heavy atom. The summed E-state index contributed by atoms with van der Waals surface area (Å²) in [5, 5.41) is 5.09. The van der Waals surface area contributed by atoms with Crippen LogP contribution in [0.25, 0.3) is 22.3 Å². The number of nitrogens with one attached hydrogen (secondary N) is 1. The first-order valence-corrected chi connectivity index (χ1v) is 15.8. The molecule has 12 nitrogen and oxygen atoms in total. The number of methoxy groups -OCH3 is 1. The third-order valence-electron chi connectivity index (χ3n) is 7.27. The van der Waals surface area contributed by atoms with E-state index in [-0.39, 0.29) is 22.5 Å². The number of ketones is 1. The van der Waals surface area contributed by atoms with Gasteiger partial charge in [-0.3, -0.25) is 40.8 Å². The van der Waals surface area contributed by atoms with Crippen molar-refractivity contribution < 1.29 is 14.3 Å². The van der Waals surface area contributed by atoms with E-state index in [4.69, 9.17) is 5.84 Å². The molecule has 51 heavy (non-hydrogen) atoms. The Bertz CT molecular complexity index is 2240. The Balaban J connectivity index is 0.000000164. The molecule has 5 heterocycles. The number of rotatable bonds is 8. The molecule has 0 spiro atoms. The van der Waals surface area contributed by atoms with Gasteiger partial charge < -0.3 is 4.74 Å². The van der Waals surface area contributed by atoms with Crippen LogP contribution in [-0.4, -0.2) is 48.6 Å². The van der Waals surface area contributed by atoms with Gasteiger partial charge in [0.25, 0.3) is 5.56 Å². The van der Waals surface area contributed by atoms with Crippen LogP contribution in [0.2, 0.25) is 0 Å². The molecule has 3 N–H and O–H groups in total. The number of ether oxygens (including phenoxy) is 1. The van der Waals surface area contributed by atoms with Crippen molar-refractivity contribution in [2.45, 2.75) is 13.1 Å². The van der Waals surface area contributed by atoms with E-state index >= 15 is 0 Å². The fraction of sp³-hybridized carbons (Fsp3) is 0.0769. The van der Waals surface area contributed by atoms with Crippen molar-refractivity contribution in [2.24, 2.45) is 5.84 Å². The van der Waals surface area contributed by atoms with Crippen LogP contribution in [-0.2, 0) is 17.8 Å². The number of benzene rings is 2. The summed E-state index contributed by atoms with van der Waals surface area (Å²) in [4.78, 5) is 53.0. The predicted octanol–water partition coefficient (Wildman–Crippen LogP) is 5.05. The van der Waals surface area contributed by atoms with E-state index in [1.165, 1.54) is 35.8 Å². The normalized spacial score (nSPS) is 10.2. The Labute approximate surface area is 293 Å². The summed E-state index contributed by atoms with van der Waals surface area (Å²) in [5.74, 6) is 4.11. The molecular weight excluding hydrogens is 644 g/mol. The Kier molecular flexibility index (Phi) is 12.6. The van der Waals surface area contributed by atoms with Crippen molar-refractivity contribution >= 4 is 22.7 Å². The van der Waals surface area contributed by atoms with Crippen LogP contribution < -0.4 is 16.8 Å². The molecule has 12 heteroatoms. The van der Waals surface area contributed by atoms with Gasteiger partial charge in [0.15, 0.2) is 0 Å². The Morgan fingerprint density at radius 2 is 1.33 bits per heavy atom. The van der Waals surface area contributed by atoms with Gasteiger partial charge >= 0.3 is 5.97 Å². The van der Waals surface area contributed by atoms with Crippen LogP contribution in [0.5, 0.6) is 0 Å². The molecule has 0 saturated carbocycles. The van der Waals surface area contributed by atoms with Crippen molar-refractivity contribution in [3.05, 3.63) is 185 Å². The summed E-state index contributed by atoms with van der Waals surface area (Å²) >= 11 is 0. The minimum absolute atomic E-state index is 0.0445. The second-order valence-corrected chi connectivity index (χ2v) is 10.7. The number of carbonyl (C=O) groups is 2. The van der Waals surface area contributed by atoms with E-state index in [2.05, 4.69) is 35.2 Å². The van der Waals surface area contributed by atoms with Crippen LogP contribution in [0, 0.1) is 0 Å². The quantitative estimate of drug-likeness (QED) is 0.0956. The zero-order valence-electron chi connectivity index (χ0n) is 27.7. The number of hydrogen-bond donors (Lipinski definition) is 2. The van der Waals surface area contributed by atoms with Crippen molar-refractivity contribution in [3.8, 4) is 11.4 Å². The third-order valence-corrected chi connectivity index (χ3v) is 7.27. The number of hydrogen-bond acceptors (Lipinski definition) is 11. The average molecular weight is 679 g/mol. The highest BCUT2D eigenvalue weighted by Gasteiger charge is 2.20. The summed E-state index contributed by atoms with van der Waals surface area (Å²) < 4.78 is 6.09. The first kappa shape index (κ1) is 35.5. The van der Waals surface area contributed by atoms with Crippen molar-refractivity contribution in [1.29, 1.82) is 0 Å². The molecule has 0 amide bonds. The molecule has 5 aromatic heterocycles. The van der Waals surface area contributed by atoms with Gasteiger partial charge in [0, 0.05) is 31.3 Å².